The van der Waals surface area contributed by atoms with Gasteiger partial charge in [0.25, 0.3) is 0 Å². The molecule has 1 aliphatic heterocycles. The Bertz CT molecular complexity index is 586. The molecule has 2 heterocycles. The second kappa shape index (κ2) is 7.54. The van der Waals surface area contributed by atoms with Gasteiger partial charge in [-0.05, 0) is 17.0 Å². The molecule has 1 atom stereocenters. The van der Waals surface area contributed by atoms with Crippen molar-refractivity contribution in [1.29, 1.82) is 0 Å². The molecule has 0 radical (unpaired) electrons. The first-order valence-corrected chi connectivity index (χ1v) is 8.44. The fraction of sp³-hybridized carbons (Fsp3) is 0.353. The number of benzene rings is 1. The number of amides is 1. The Morgan fingerprint density at radius 1 is 1.32 bits per heavy atom. The van der Waals surface area contributed by atoms with Crippen LogP contribution in [0, 0.1) is 0 Å². The van der Waals surface area contributed by atoms with E-state index < -0.39 is 0 Å². The lowest BCUT2D eigenvalue weighted by molar-refractivity contribution is -0.121. The lowest BCUT2D eigenvalue weighted by atomic mass is 10.1. The van der Waals surface area contributed by atoms with Gasteiger partial charge in [0.15, 0.2) is 0 Å². The van der Waals surface area contributed by atoms with Crippen molar-refractivity contribution in [2.75, 3.05) is 25.0 Å². The number of thiophene rings is 1. The molecule has 3 rings (SSSR count). The molecule has 0 bridgehead atoms. The summed E-state index contributed by atoms with van der Waals surface area (Å²) in [6.45, 7) is 3.31. The smallest absolute Gasteiger partial charge is 0.227 e. The Morgan fingerprint density at radius 2 is 2.18 bits per heavy atom. The van der Waals surface area contributed by atoms with E-state index in [4.69, 9.17) is 4.74 Å². The average Bonchev–Trinajstić information content (AvgIpc) is 3.01. The first-order valence-electron chi connectivity index (χ1n) is 7.49. The van der Waals surface area contributed by atoms with Gasteiger partial charge in [-0.25, -0.2) is 0 Å². The summed E-state index contributed by atoms with van der Waals surface area (Å²) in [6.07, 6.45) is 0.373. The van der Waals surface area contributed by atoms with E-state index in [1.165, 1.54) is 5.56 Å². The molecule has 2 aromatic rings. The number of carbonyl (C=O) groups is 1. The Hall–Kier alpha value is -1.69. The van der Waals surface area contributed by atoms with E-state index in [2.05, 4.69) is 34.5 Å². The zero-order valence-corrected chi connectivity index (χ0v) is 13.2. The van der Waals surface area contributed by atoms with Crippen LogP contribution in [-0.2, 0) is 16.1 Å². The number of morpholine rings is 1. The van der Waals surface area contributed by atoms with Crippen LogP contribution in [0.3, 0.4) is 0 Å². The normalized spacial score (nSPS) is 19.0. The second-order valence-electron chi connectivity index (χ2n) is 5.48. The van der Waals surface area contributed by atoms with Crippen LogP contribution in [0.4, 0.5) is 5.69 Å². The minimum Gasteiger partial charge on any atom is -0.375 e. The Kier molecular flexibility index (Phi) is 5.21. The molecule has 1 saturated heterocycles. The van der Waals surface area contributed by atoms with Crippen LogP contribution < -0.4 is 5.32 Å². The third-order valence-corrected chi connectivity index (χ3v) is 4.37. The van der Waals surface area contributed by atoms with E-state index >= 15 is 0 Å². The Labute approximate surface area is 134 Å². The molecule has 1 amide bonds. The summed E-state index contributed by atoms with van der Waals surface area (Å²) in [5.41, 5.74) is 2.16. The fourth-order valence-corrected chi connectivity index (χ4v) is 3.23. The average molecular weight is 316 g/mol. The monoisotopic (exact) mass is 316 g/mol. The maximum atomic E-state index is 12.0. The zero-order valence-electron chi connectivity index (χ0n) is 12.4. The van der Waals surface area contributed by atoms with Crippen LogP contribution in [-0.4, -0.2) is 36.6 Å². The highest BCUT2D eigenvalue weighted by atomic mass is 32.1. The van der Waals surface area contributed by atoms with Crippen LogP contribution in [0.15, 0.2) is 47.2 Å². The number of carbonyl (C=O) groups excluding carboxylic acids is 1. The summed E-state index contributed by atoms with van der Waals surface area (Å²) < 4.78 is 5.74. The van der Waals surface area contributed by atoms with Crippen molar-refractivity contribution in [2.24, 2.45) is 0 Å². The first kappa shape index (κ1) is 15.2. The number of hydrogen-bond donors (Lipinski definition) is 1. The van der Waals surface area contributed by atoms with E-state index in [-0.39, 0.29) is 12.0 Å². The molecular weight excluding hydrogens is 296 g/mol. The van der Waals surface area contributed by atoms with Gasteiger partial charge in [-0.2, -0.15) is 11.3 Å². The van der Waals surface area contributed by atoms with E-state index in [0.717, 1.165) is 25.3 Å². The molecule has 116 valence electrons. The zero-order chi connectivity index (χ0) is 15.2. The van der Waals surface area contributed by atoms with E-state index in [9.17, 15) is 4.79 Å². The molecule has 0 spiro atoms. The van der Waals surface area contributed by atoms with E-state index in [0.29, 0.717) is 13.0 Å². The van der Waals surface area contributed by atoms with Crippen molar-refractivity contribution in [3.8, 4) is 0 Å². The Balaban J connectivity index is 1.49. The van der Waals surface area contributed by atoms with Gasteiger partial charge in [-0.1, -0.05) is 30.3 Å². The van der Waals surface area contributed by atoms with Crippen LogP contribution in [0.2, 0.25) is 0 Å². The molecule has 0 aliphatic carbocycles. The van der Waals surface area contributed by atoms with E-state index in [1.54, 1.807) is 11.3 Å². The predicted octanol–water partition coefficient (Wildman–Crippen LogP) is 2.98. The van der Waals surface area contributed by atoms with Gasteiger partial charge in [0, 0.05) is 25.0 Å². The van der Waals surface area contributed by atoms with Crippen LogP contribution >= 0.6 is 11.3 Å². The second-order valence-corrected chi connectivity index (χ2v) is 6.26. The number of anilines is 1. The molecule has 1 unspecified atom stereocenters. The third-order valence-electron chi connectivity index (χ3n) is 3.69. The molecule has 1 aliphatic rings. The lowest BCUT2D eigenvalue weighted by Gasteiger charge is -2.32. The SMILES string of the molecule is O=C(CC1CN(Cc2ccccc2)CCO1)Nc1ccsc1. The summed E-state index contributed by atoms with van der Waals surface area (Å²) in [6, 6.07) is 12.3. The van der Waals surface area contributed by atoms with Crippen molar-refractivity contribution in [1.82, 2.24) is 4.90 Å². The quantitative estimate of drug-likeness (QED) is 0.922. The van der Waals surface area contributed by atoms with Gasteiger partial charge in [0.05, 0.1) is 24.8 Å². The fourth-order valence-electron chi connectivity index (χ4n) is 2.64. The van der Waals surface area contributed by atoms with Gasteiger partial charge in [0.2, 0.25) is 5.91 Å². The molecule has 0 saturated carbocycles. The number of ether oxygens (including phenoxy) is 1. The van der Waals surface area contributed by atoms with Crippen LogP contribution in [0.25, 0.3) is 0 Å². The topological polar surface area (TPSA) is 41.6 Å². The molecule has 1 aromatic carbocycles. The maximum absolute atomic E-state index is 12.0. The summed E-state index contributed by atoms with van der Waals surface area (Å²) in [4.78, 5) is 14.4. The molecule has 5 heteroatoms. The third kappa shape index (κ3) is 4.40. The summed E-state index contributed by atoms with van der Waals surface area (Å²) in [5, 5.41) is 6.79. The Morgan fingerprint density at radius 3 is 2.95 bits per heavy atom. The molecule has 4 nitrogen and oxygen atoms in total. The molecular formula is C17H20N2O2S. The standard InChI is InChI=1S/C17H20N2O2S/c20-17(18-15-6-9-22-13-15)10-16-12-19(7-8-21-16)11-14-4-2-1-3-5-14/h1-6,9,13,16H,7-8,10-12H2,(H,18,20). The summed E-state index contributed by atoms with van der Waals surface area (Å²) in [5.74, 6) is 0.0185. The number of hydrogen-bond acceptors (Lipinski definition) is 4. The summed E-state index contributed by atoms with van der Waals surface area (Å²) in [7, 11) is 0. The molecule has 1 fully saturated rings. The first-order chi connectivity index (χ1) is 10.8. The van der Waals surface area contributed by atoms with Crippen LogP contribution in [0.1, 0.15) is 12.0 Å². The number of rotatable bonds is 5. The predicted molar refractivity (Wildman–Crippen MR) is 89.0 cm³/mol. The molecule has 22 heavy (non-hydrogen) atoms. The minimum absolute atomic E-state index is 0.0185. The number of nitrogens with one attached hydrogen (secondary N) is 1. The molecule has 1 N–H and O–H groups in total. The van der Waals surface area contributed by atoms with Crippen molar-refractivity contribution in [3.63, 3.8) is 0 Å². The van der Waals surface area contributed by atoms with Gasteiger partial charge < -0.3 is 10.1 Å². The van der Waals surface area contributed by atoms with Crippen LogP contribution in [0.5, 0.6) is 0 Å². The van der Waals surface area contributed by atoms with Gasteiger partial charge in [-0.15, -0.1) is 0 Å². The van der Waals surface area contributed by atoms with Crippen molar-refractivity contribution < 1.29 is 9.53 Å². The number of nitrogens with zero attached hydrogens (tertiary/aromatic N) is 1. The molecule has 1 aromatic heterocycles. The minimum atomic E-state index is -0.0314. The highest BCUT2D eigenvalue weighted by Gasteiger charge is 2.23. The van der Waals surface area contributed by atoms with Gasteiger partial charge in [0.1, 0.15) is 0 Å². The van der Waals surface area contributed by atoms with Crippen molar-refractivity contribution >= 4 is 22.9 Å². The van der Waals surface area contributed by atoms with Crippen molar-refractivity contribution in [2.45, 2.75) is 19.1 Å². The largest absolute Gasteiger partial charge is 0.375 e. The van der Waals surface area contributed by atoms with Gasteiger partial charge >= 0.3 is 0 Å². The lowest BCUT2D eigenvalue weighted by Crippen LogP contribution is -2.43. The van der Waals surface area contributed by atoms with Crippen molar-refractivity contribution in [3.05, 3.63) is 52.7 Å². The highest BCUT2D eigenvalue weighted by molar-refractivity contribution is 7.08. The van der Waals surface area contributed by atoms with Gasteiger partial charge in [-0.3, -0.25) is 9.69 Å². The maximum Gasteiger partial charge on any atom is 0.227 e. The highest BCUT2D eigenvalue weighted by Crippen LogP contribution is 2.15. The van der Waals surface area contributed by atoms with E-state index in [1.807, 2.05) is 22.9 Å². The summed E-state index contributed by atoms with van der Waals surface area (Å²) >= 11 is 1.58.